The number of amides is 1. The molecule has 0 aromatic heterocycles. The lowest BCUT2D eigenvalue weighted by molar-refractivity contribution is -0.125. The average Bonchev–Trinajstić information content (AvgIpc) is 2.72. The molecule has 1 aliphatic heterocycles. The summed E-state index contributed by atoms with van der Waals surface area (Å²) >= 11 is 5.84. The summed E-state index contributed by atoms with van der Waals surface area (Å²) in [5.41, 5.74) is 0.792. The van der Waals surface area contributed by atoms with Gasteiger partial charge in [-0.25, -0.2) is 0 Å². The van der Waals surface area contributed by atoms with Crippen molar-refractivity contribution in [2.24, 2.45) is 0 Å². The first-order chi connectivity index (χ1) is 13.6. The molecule has 0 fully saturated rings. The van der Waals surface area contributed by atoms with Crippen molar-refractivity contribution in [3.8, 4) is 23.0 Å². The number of halogens is 1. The molecule has 28 heavy (non-hydrogen) atoms. The molecule has 2 aromatic carbocycles. The highest BCUT2D eigenvalue weighted by molar-refractivity contribution is 6.30. The van der Waals surface area contributed by atoms with Crippen molar-refractivity contribution in [2.45, 2.75) is 0 Å². The fourth-order valence-corrected chi connectivity index (χ4v) is 2.75. The maximum absolute atomic E-state index is 12.3. The first-order valence-corrected chi connectivity index (χ1v) is 9.24. The molecule has 1 heterocycles. The quantitative estimate of drug-likeness (QED) is 0.660. The Morgan fingerprint density at radius 3 is 2.71 bits per heavy atom. The molecule has 6 nitrogen and oxygen atoms in total. The summed E-state index contributed by atoms with van der Waals surface area (Å²) in [6, 6.07) is 10.7. The Bertz CT molecular complexity index is 833. The standard InChI is InChI=1S/C21H22ClNO5/c1-23(9-10-26-17-6-4-16(22)5-7-17)20(24)8-3-15-13-18(25-2)21-19(14-15)27-11-12-28-21/h3-8,13-14H,9-12H2,1-2H3/b8-3+. The molecule has 3 rings (SSSR count). The molecular formula is C21H22ClNO5. The lowest BCUT2D eigenvalue weighted by Crippen LogP contribution is -2.29. The van der Waals surface area contributed by atoms with E-state index in [9.17, 15) is 4.79 Å². The number of benzene rings is 2. The van der Waals surface area contributed by atoms with Crippen molar-refractivity contribution < 1.29 is 23.7 Å². The van der Waals surface area contributed by atoms with Gasteiger partial charge in [-0.05, 0) is 48.0 Å². The molecule has 0 bridgehead atoms. The van der Waals surface area contributed by atoms with Crippen LogP contribution in [0.3, 0.4) is 0 Å². The number of nitrogens with zero attached hydrogens (tertiary/aromatic N) is 1. The third-order valence-corrected chi connectivity index (χ3v) is 4.41. The second-order valence-electron chi connectivity index (χ2n) is 6.14. The van der Waals surface area contributed by atoms with E-state index in [2.05, 4.69) is 0 Å². The number of hydrogen-bond donors (Lipinski definition) is 0. The van der Waals surface area contributed by atoms with E-state index in [1.165, 1.54) is 6.08 Å². The van der Waals surface area contributed by atoms with E-state index >= 15 is 0 Å². The molecule has 0 N–H and O–H groups in total. The van der Waals surface area contributed by atoms with Gasteiger partial charge in [-0.15, -0.1) is 0 Å². The van der Waals surface area contributed by atoms with Gasteiger partial charge in [-0.1, -0.05) is 11.6 Å². The van der Waals surface area contributed by atoms with Gasteiger partial charge in [0, 0.05) is 18.1 Å². The third kappa shape index (κ3) is 5.10. The highest BCUT2D eigenvalue weighted by Gasteiger charge is 2.18. The first-order valence-electron chi connectivity index (χ1n) is 8.86. The van der Waals surface area contributed by atoms with E-state index in [-0.39, 0.29) is 5.91 Å². The summed E-state index contributed by atoms with van der Waals surface area (Å²) in [5, 5.41) is 0.653. The summed E-state index contributed by atoms with van der Waals surface area (Å²) in [6.07, 6.45) is 3.23. The summed E-state index contributed by atoms with van der Waals surface area (Å²) in [4.78, 5) is 13.9. The number of hydrogen-bond acceptors (Lipinski definition) is 5. The van der Waals surface area contributed by atoms with Crippen LogP contribution in [0.15, 0.2) is 42.5 Å². The zero-order valence-corrected chi connectivity index (χ0v) is 16.6. The Morgan fingerprint density at radius 2 is 1.96 bits per heavy atom. The minimum atomic E-state index is -0.131. The van der Waals surface area contributed by atoms with Crippen LogP contribution in [0.2, 0.25) is 5.02 Å². The number of fused-ring (bicyclic) bond motifs is 1. The number of ether oxygens (including phenoxy) is 4. The van der Waals surface area contributed by atoms with Crippen LogP contribution < -0.4 is 18.9 Å². The van der Waals surface area contributed by atoms with Crippen molar-refractivity contribution >= 4 is 23.6 Å². The highest BCUT2D eigenvalue weighted by Crippen LogP contribution is 2.40. The fraction of sp³-hybridized carbons (Fsp3) is 0.286. The van der Waals surface area contributed by atoms with Crippen LogP contribution in [0.5, 0.6) is 23.0 Å². The Hall–Kier alpha value is -2.86. The molecule has 0 atom stereocenters. The highest BCUT2D eigenvalue weighted by atomic mass is 35.5. The van der Waals surface area contributed by atoms with Crippen molar-refractivity contribution in [3.05, 3.63) is 53.1 Å². The molecule has 7 heteroatoms. The van der Waals surface area contributed by atoms with Crippen molar-refractivity contribution in [1.82, 2.24) is 4.90 Å². The normalized spacial score (nSPS) is 12.7. The Balaban J connectivity index is 1.56. The van der Waals surface area contributed by atoms with Gasteiger partial charge in [0.15, 0.2) is 11.5 Å². The lowest BCUT2D eigenvalue weighted by atomic mass is 10.1. The predicted octanol–water partition coefficient (Wildman–Crippen LogP) is 3.67. The molecule has 0 unspecified atom stereocenters. The molecule has 1 aliphatic rings. The van der Waals surface area contributed by atoms with Gasteiger partial charge in [-0.3, -0.25) is 4.79 Å². The number of likely N-dealkylation sites (N-methyl/N-ethyl adjacent to an activating group) is 1. The molecular weight excluding hydrogens is 382 g/mol. The molecule has 1 amide bonds. The first kappa shape index (κ1) is 19.9. The van der Waals surface area contributed by atoms with Crippen LogP contribution in [-0.2, 0) is 4.79 Å². The lowest BCUT2D eigenvalue weighted by Gasteiger charge is -2.21. The summed E-state index contributed by atoms with van der Waals surface area (Å²) < 4.78 is 22.1. The van der Waals surface area contributed by atoms with Crippen LogP contribution in [0.4, 0.5) is 0 Å². The van der Waals surface area contributed by atoms with Gasteiger partial charge in [0.2, 0.25) is 11.7 Å². The summed E-state index contributed by atoms with van der Waals surface area (Å²) in [5.74, 6) is 2.36. The van der Waals surface area contributed by atoms with Gasteiger partial charge in [0.1, 0.15) is 25.6 Å². The van der Waals surface area contributed by atoms with Crippen LogP contribution in [0.1, 0.15) is 5.56 Å². The Morgan fingerprint density at radius 1 is 1.21 bits per heavy atom. The van der Waals surface area contributed by atoms with Crippen molar-refractivity contribution in [3.63, 3.8) is 0 Å². The van der Waals surface area contributed by atoms with E-state index in [1.807, 2.05) is 6.07 Å². The number of rotatable bonds is 7. The second-order valence-corrected chi connectivity index (χ2v) is 6.58. The van der Waals surface area contributed by atoms with Gasteiger partial charge in [0.05, 0.1) is 13.7 Å². The smallest absolute Gasteiger partial charge is 0.246 e. The van der Waals surface area contributed by atoms with Crippen LogP contribution in [0.25, 0.3) is 6.08 Å². The number of methoxy groups -OCH3 is 1. The van der Waals surface area contributed by atoms with Gasteiger partial charge < -0.3 is 23.8 Å². The SMILES string of the molecule is COc1cc(/C=C/C(=O)N(C)CCOc2ccc(Cl)cc2)cc2c1OCCO2. The maximum atomic E-state index is 12.3. The van der Waals surface area contributed by atoms with Crippen LogP contribution in [0, 0.1) is 0 Å². The van der Waals surface area contributed by atoms with Crippen LogP contribution in [-0.4, -0.2) is 51.3 Å². The molecule has 0 saturated heterocycles. The van der Waals surface area contributed by atoms with Crippen molar-refractivity contribution in [2.75, 3.05) is 40.5 Å². The second kappa shape index (κ2) is 9.37. The zero-order valence-electron chi connectivity index (χ0n) is 15.8. The monoisotopic (exact) mass is 403 g/mol. The molecule has 0 saturated carbocycles. The number of carbonyl (C=O) groups excluding carboxylic acids is 1. The minimum absolute atomic E-state index is 0.131. The third-order valence-electron chi connectivity index (χ3n) is 4.15. The van der Waals surface area contributed by atoms with E-state index in [4.69, 9.17) is 30.5 Å². The van der Waals surface area contributed by atoms with E-state index in [1.54, 1.807) is 55.5 Å². The fourth-order valence-electron chi connectivity index (χ4n) is 2.63. The van der Waals surface area contributed by atoms with Gasteiger partial charge >= 0.3 is 0 Å². The molecule has 0 spiro atoms. The largest absolute Gasteiger partial charge is 0.493 e. The van der Waals surface area contributed by atoms with Gasteiger partial charge in [0.25, 0.3) is 0 Å². The summed E-state index contributed by atoms with van der Waals surface area (Å²) in [7, 11) is 3.29. The average molecular weight is 404 g/mol. The topological polar surface area (TPSA) is 57.2 Å². The Labute approximate surface area is 169 Å². The zero-order chi connectivity index (χ0) is 19.9. The van der Waals surface area contributed by atoms with Gasteiger partial charge in [-0.2, -0.15) is 0 Å². The molecule has 2 aromatic rings. The van der Waals surface area contributed by atoms with E-state index in [0.29, 0.717) is 54.4 Å². The molecule has 148 valence electrons. The van der Waals surface area contributed by atoms with Crippen molar-refractivity contribution in [1.29, 1.82) is 0 Å². The van der Waals surface area contributed by atoms with Crippen LogP contribution >= 0.6 is 11.6 Å². The number of carbonyl (C=O) groups is 1. The molecule has 0 radical (unpaired) electrons. The predicted molar refractivity (Wildman–Crippen MR) is 108 cm³/mol. The minimum Gasteiger partial charge on any atom is -0.493 e. The maximum Gasteiger partial charge on any atom is 0.246 e. The van der Waals surface area contributed by atoms with E-state index in [0.717, 1.165) is 5.56 Å². The Kier molecular flexibility index (Phi) is 6.66. The van der Waals surface area contributed by atoms with E-state index < -0.39 is 0 Å². The summed E-state index contributed by atoms with van der Waals surface area (Å²) in [6.45, 7) is 1.81. The molecule has 0 aliphatic carbocycles.